The average Bonchev–Trinajstić information content (AvgIpc) is 3.29. The normalized spacial score (nSPS) is 10.9. The quantitative estimate of drug-likeness (QED) is 0.117. The van der Waals surface area contributed by atoms with Gasteiger partial charge in [0.1, 0.15) is 0 Å². The summed E-state index contributed by atoms with van der Waals surface area (Å²) in [6.07, 6.45) is 3.18. The molecular weight excluding hydrogens is 655 g/mol. The van der Waals surface area contributed by atoms with E-state index in [1.165, 1.54) is 57.1 Å². The van der Waals surface area contributed by atoms with Gasteiger partial charge in [-0.15, -0.1) is 46.2 Å². The molecule has 0 unspecified atom stereocenters. The number of carbonyl (C=O) groups is 1. The maximum atomic E-state index is 10.0. The predicted octanol–water partition coefficient (Wildman–Crippen LogP) is 8.75. The minimum atomic E-state index is -0.125. The zero-order chi connectivity index (χ0) is 25.7. The third kappa shape index (κ3) is 7.11. The zero-order valence-electron chi connectivity index (χ0n) is 21.2. The number of aliphatic hydroxyl groups is 1. The Bertz CT molecular complexity index is 1520. The number of aromatic nitrogens is 1. The fourth-order valence-corrected chi connectivity index (χ4v) is 5.31. The molecule has 2 heterocycles. The van der Waals surface area contributed by atoms with E-state index in [2.05, 4.69) is 98.8 Å². The van der Waals surface area contributed by atoms with Crippen LogP contribution in [0.3, 0.4) is 0 Å². The molecule has 2 aromatic heterocycles. The van der Waals surface area contributed by atoms with Gasteiger partial charge in [0.05, 0.1) is 5.76 Å². The molecule has 189 valence electrons. The Balaban J connectivity index is 0.000000422. The van der Waals surface area contributed by atoms with Crippen molar-refractivity contribution in [1.82, 2.24) is 4.98 Å². The minimum absolute atomic E-state index is 0. The molecular formula is C32H28IrNO2S-. The molecule has 0 atom stereocenters. The molecule has 5 rings (SSSR count). The molecule has 1 radical (unpaired) electrons. The summed E-state index contributed by atoms with van der Waals surface area (Å²) >= 11 is 1.81. The molecule has 1 N–H and O–H groups in total. The van der Waals surface area contributed by atoms with E-state index in [0.717, 1.165) is 16.8 Å². The van der Waals surface area contributed by atoms with Gasteiger partial charge in [0.15, 0.2) is 5.78 Å². The van der Waals surface area contributed by atoms with E-state index in [9.17, 15) is 4.79 Å². The number of thiophene rings is 1. The Hall–Kier alpha value is -3.37. The maximum absolute atomic E-state index is 10.0. The van der Waals surface area contributed by atoms with Gasteiger partial charge >= 0.3 is 0 Å². The Morgan fingerprint density at radius 1 is 0.919 bits per heavy atom. The van der Waals surface area contributed by atoms with Crippen LogP contribution in [0, 0.1) is 19.9 Å². The van der Waals surface area contributed by atoms with Crippen LogP contribution >= 0.6 is 11.3 Å². The second-order valence-corrected chi connectivity index (χ2v) is 9.81. The van der Waals surface area contributed by atoms with Crippen LogP contribution in [0.15, 0.2) is 96.9 Å². The molecule has 0 fully saturated rings. The summed E-state index contributed by atoms with van der Waals surface area (Å²) in [5, 5.41) is 9.61. The molecule has 3 nitrogen and oxygen atoms in total. The number of hydrogen-bond donors (Lipinski definition) is 1. The SMILES string of the molecule is CC(=O)/C=C(/C)O.Cc1[c-]c(-c2ncc(-c3ccccc3)c3cc(-c4ccccc4)sc23)cc(C)c1.[Ir]. The monoisotopic (exact) mass is 683 g/mol. The third-order valence-electron chi connectivity index (χ3n) is 5.52. The Morgan fingerprint density at radius 2 is 1.54 bits per heavy atom. The van der Waals surface area contributed by atoms with Crippen molar-refractivity contribution in [3.05, 3.63) is 114 Å². The Kier molecular flexibility index (Phi) is 9.71. The predicted molar refractivity (Wildman–Crippen MR) is 151 cm³/mol. The van der Waals surface area contributed by atoms with E-state index in [1.807, 2.05) is 17.5 Å². The van der Waals surface area contributed by atoms with E-state index in [1.54, 1.807) is 0 Å². The standard InChI is InChI=1S/C27H20NS.C5H8O2.Ir/c1-18-13-19(2)15-22(14-18)26-27-23(16-25(29-27)21-11-7-4-8-12-21)24(17-28-26)20-9-5-3-6-10-20;1-4(6)3-5(2)7;/h3-14,16-17H,1-2H3;3,6H,1-2H3;/q-1;;/b;4-3-;. The van der Waals surface area contributed by atoms with Gasteiger partial charge in [-0.25, -0.2) is 0 Å². The van der Waals surface area contributed by atoms with Crippen LogP contribution < -0.4 is 0 Å². The summed E-state index contributed by atoms with van der Waals surface area (Å²) in [6.45, 7) is 7.07. The first-order valence-corrected chi connectivity index (χ1v) is 12.6. The number of carbonyl (C=O) groups excluding carboxylic acids is 1. The molecule has 0 aliphatic carbocycles. The van der Waals surface area contributed by atoms with E-state index in [4.69, 9.17) is 10.1 Å². The van der Waals surface area contributed by atoms with Crippen molar-refractivity contribution in [1.29, 1.82) is 0 Å². The Labute approximate surface area is 235 Å². The molecule has 0 amide bonds. The molecule has 0 aliphatic rings. The topological polar surface area (TPSA) is 50.2 Å². The summed E-state index contributed by atoms with van der Waals surface area (Å²) in [5.74, 6) is -0.0625. The van der Waals surface area contributed by atoms with Crippen LogP contribution in [0.1, 0.15) is 25.0 Å². The molecule has 37 heavy (non-hydrogen) atoms. The maximum Gasteiger partial charge on any atom is 0.155 e. The van der Waals surface area contributed by atoms with Gasteiger partial charge in [-0.1, -0.05) is 74.5 Å². The smallest absolute Gasteiger partial charge is 0.155 e. The second kappa shape index (κ2) is 12.7. The number of hydrogen-bond acceptors (Lipinski definition) is 4. The number of aryl methyl sites for hydroxylation is 2. The van der Waals surface area contributed by atoms with Gasteiger partial charge in [0, 0.05) is 53.2 Å². The number of ketones is 1. The summed E-state index contributed by atoms with van der Waals surface area (Å²) in [6, 6.07) is 31.3. The van der Waals surface area contributed by atoms with Gasteiger partial charge in [0.2, 0.25) is 0 Å². The zero-order valence-corrected chi connectivity index (χ0v) is 24.4. The minimum Gasteiger partial charge on any atom is -0.512 e. The van der Waals surface area contributed by atoms with Crippen LogP contribution in [0.5, 0.6) is 0 Å². The van der Waals surface area contributed by atoms with Crippen molar-refractivity contribution in [3.63, 3.8) is 0 Å². The summed E-state index contributed by atoms with van der Waals surface area (Å²) in [4.78, 5) is 16.2. The molecule has 0 bridgehead atoms. The van der Waals surface area contributed by atoms with Crippen LogP contribution in [-0.4, -0.2) is 15.9 Å². The van der Waals surface area contributed by atoms with Crippen LogP contribution in [-0.2, 0) is 24.9 Å². The summed E-state index contributed by atoms with van der Waals surface area (Å²) < 4.78 is 1.21. The first-order valence-electron chi connectivity index (χ1n) is 11.7. The van der Waals surface area contributed by atoms with E-state index in [0.29, 0.717) is 0 Å². The van der Waals surface area contributed by atoms with Crippen LogP contribution in [0.25, 0.3) is 42.9 Å². The van der Waals surface area contributed by atoms with Crippen LogP contribution in [0.4, 0.5) is 0 Å². The van der Waals surface area contributed by atoms with Gasteiger partial charge < -0.3 is 10.1 Å². The van der Waals surface area contributed by atoms with Gasteiger partial charge in [-0.3, -0.25) is 4.79 Å². The number of nitrogens with zero attached hydrogens (tertiary/aromatic N) is 1. The van der Waals surface area contributed by atoms with Crippen molar-refractivity contribution in [2.45, 2.75) is 27.7 Å². The number of benzene rings is 3. The molecule has 0 spiro atoms. The number of pyridine rings is 1. The number of aliphatic hydroxyl groups excluding tert-OH is 1. The first-order chi connectivity index (χ1) is 17.3. The van der Waals surface area contributed by atoms with Crippen molar-refractivity contribution in [3.8, 4) is 32.8 Å². The first kappa shape index (κ1) is 28.2. The molecule has 0 saturated carbocycles. The van der Waals surface area contributed by atoms with Gasteiger partial charge in [-0.2, -0.15) is 0 Å². The average molecular weight is 683 g/mol. The summed E-state index contributed by atoms with van der Waals surface area (Å²) in [7, 11) is 0. The summed E-state index contributed by atoms with van der Waals surface area (Å²) in [5.41, 5.74) is 8.06. The van der Waals surface area contributed by atoms with Crippen molar-refractivity contribution >= 4 is 27.2 Å². The molecule has 3 aromatic carbocycles. The third-order valence-corrected chi connectivity index (χ3v) is 6.71. The fourth-order valence-electron chi connectivity index (χ4n) is 4.13. The van der Waals surface area contributed by atoms with Gasteiger partial charge in [0.25, 0.3) is 0 Å². The van der Waals surface area contributed by atoms with E-state index < -0.39 is 0 Å². The fraction of sp³-hybridized carbons (Fsp3) is 0.125. The van der Waals surface area contributed by atoms with Crippen molar-refractivity contribution < 1.29 is 30.0 Å². The van der Waals surface area contributed by atoms with E-state index >= 15 is 0 Å². The van der Waals surface area contributed by atoms with Crippen LogP contribution in [0.2, 0.25) is 0 Å². The Morgan fingerprint density at radius 3 is 2.08 bits per heavy atom. The molecule has 5 heteroatoms. The van der Waals surface area contributed by atoms with Crippen molar-refractivity contribution in [2.75, 3.05) is 0 Å². The molecule has 5 aromatic rings. The molecule has 0 saturated heterocycles. The second-order valence-electron chi connectivity index (χ2n) is 8.76. The van der Waals surface area contributed by atoms with Gasteiger partial charge in [-0.05, 0) is 36.4 Å². The molecule has 0 aliphatic heterocycles. The van der Waals surface area contributed by atoms with Crippen molar-refractivity contribution in [2.24, 2.45) is 0 Å². The largest absolute Gasteiger partial charge is 0.512 e. The number of rotatable bonds is 4. The van der Waals surface area contributed by atoms with E-state index in [-0.39, 0.29) is 31.6 Å². The number of allylic oxidation sites excluding steroid dienone is 2. The number of fused-ring (bicyclic) bond motifs is 1.